The van der Waals surface area contributed by atoms with Gasteiger partial charge >= 0.3 is 35.1 Å². The molecule has 3 rings (SSSR count). The number of aromatic nitrogens is 2. The zero-order chi connectivity index (χ0) is 32.9. The highest BCUT2D eigenvalue weighted by Crippen LogP contribution is 2.66. The molecule has 6 N–H and O–H groups in total. The molecule has 0 aliphatic carbocycles. The number of carbonyl (C=O) groups is 1. The SMILES string of the molecule is CC(C)CSSC(C)c1ccccc1C(=O)O[C@@H]1C[C@H](n2ccc(N)nc2=O)O[C@@H]1COP(=O)(O)OP(=O)(O)OP(=O)(O)O. The minimum Gasteiger partial charge on any atom is -0.456 e. The fraction of sp³-hybridized carbons (Fsp3) is 0.500. The number of phosphoric acid groups is 3. The normalized spacial score (nSPS) is 22.3. The maximum absolute atomic E-state index is 13.4. The average Bonchev–Trinajstić information content (AvgIpc) is 3.27. The molecule has 0 bridgehead atoms. The van der Waals surface area contributed by atoms with Crippen LogP contribution in [0.4, 0.5) is 5.82 Å². The van der Waals surface area contributed by atoms with Gasteiger partial charge in [-0.05, 0) is 30.5 Å². The summed E-state index contributed by atoms with van der Waals surface area (Å²) in [6.07, 6.45) is -2.53. The molecule has 1 aliphatic heterocycles. The summed E-state index contributed by atoms with van der Waals surface area (Å²) in [7, 11) is -13.6. The van der Waals surface area contributed by atoms with Gasteiger partial charge in [0.05, 0.1) is 12.2 Å². The van der Waals surface area contributed by atoms with E-state index >= 15 is 0 Å². The average molecular weight is 720 g/mol. The van der Waals surface area contributed by atoms with Gasteiger partial charge < -0.3 is 34.8 Å². The molecule has 22 heteroatoms. The second kappa shape index (κ2) is 15.4. The van der Waals surface area contributed by atoms with Crippen molar-refractivity contribution in [1.29, 1.82) is 0 Å². The number of rotatable bonds is 15. The maximum Gasteiger partial charge on any atom is 0.490 e. The molecule has 2 aromatic rings. The Labute approximate surface area is 259 Å². The van der Waals surface area contributed by atoms with Crippen LogP contribution < -0.4 is 11.4 Å². The third-order valence-electron chi connectivity index (χ3n) is 5.65. The van der Waals surface area contributed by atoms with Crippen LogP contribution in [-0.4, -0.2) is 59.7 Å². The first kappa shape index (κ1) is 36.9. The third-order valence-corrected chi connectivity index (χ3v) is 12.6. The van der Waals surface area contributed by atoms with E-state index in [2.05, 4.69) is 27.5 Å². The number of nitrogens with zero attached hydrogens (tertiary/aromatic N) is 2. The Balaban J connectivity index is 1.81. The zero-order valence-corrected chi connectivity index (χ0v) is 27.8. The van der Waals surface area contributed by atoms with Crippen molar-refractivity contribution >= 4 is 56.8 Å². The molecule has 2 heterocycles. The van der Waals surface area contributed by atoms with Crippen molar-refractivity contribution < 1.29 is 60.7 Å². The first-order chi connectivity index (χ1) is 20.4. The van der Waals surface area contributed by atoms with Crippen molar-refractivity contribution in [2.45, 2.75) is 50.9 Å². The number of esters is 1. The Morgan fingerprint density at radius 1 is 1.11 bits per heavy atom. The molecule has 0 amide bonds. The molecule has 0 spiro atoms. The molecule has 0 radical (unpaired) electrons. The Morgan fingerprint density at radius 2 is 1.80 bits per heavy atom. The van der Waals surface area contributed by atoms with Crippen LogP contribution in [0.1, 0.15) is 54.6 Å². The molecule has 1 aromatic carbocycles. The summed E-state index contributed by atoms with van der Waals surface area (Å²) in [5.74, 6) is 0.550. The second-order valence-corrected chi connectivity index (χ2v) is 16.9. The van der Waals surface area contributed by atoms with E-state index in [-0.39, 0.29) is 23.1 Å². The van der Waals surface area contributed by atoms with E-state index in [0.29, 0.717) is 11.5 Å². The van der Waals surface area contributed by atoms with Crippen LogP contribution in [0.5, 0.6) is 0 Å². The Morgan fingerprint density at radius 3 is 2.43 bits per heavy atom. The number of ether oxygens (including phenoxy) is 2. The number of anilines is 1. The molecule has 1 fully saturated rings. The molecule has 1 aliphatic rings. The van der Waals surface area contributed by atoms with Gasteiger partial charge in [0.2, 0.25) is 0 Å². The first-order valence-corrected chi connectivity index (χ1v) is 19.6. The molecular weight excluding hydrogens is 687 g/mol. The quantitative estimate of drug-likeness (QED) is 0.0996. The molecule has 246 valence electrons. The molecule has 17 nitrogen and oxygen atoms in total. The highest BCUT2D eigenvalue weighted by Gasteiger charge is 2.44. The Bertz CT molecular complexity index is 1520. The summed E-state index contributed by atoms with van der Waals surface area (Å²) >= 11 is 0. The largest absolute Gasteiger partial charge is 0.490 e. The summed E-state index contributed by atoms with van der Waals surface area (Å²) in [5, 5.41) is -0.101. The van der Waals surface area contributed by atoms with E-state index in [1.807, 2.05) is 6.92 Å². The molecule has 44 heavy (non-hydrogen) atoms. The lowest BCUT2D eigenvalue weighted by molar-refractivity contribution is -0.0511. The summed E-state index contributed by atoms with van der Waals surface area (Å²) in [6, 6.07) is 8.10. The number of phosphoric ester groups is 1. The van der Waals surface area contributed by atoms with Gasteiger partial charge in [-0.3, -0.25) is 9.09 Å². The number of hydrogen-bond donors (Lipinski definition) is 5. The van der Waals surface area contributed by atoms with Crippen LogP contribution in [0.3, 0.4) is 0 Å². The molecule has 3 unspecified atom stereocenters. The maximum atomic E-state index is 13.4. The number of nitrogen functional groups attached to an aromatic ring is 1. The zero-order valence-electron chi connectivity index (χ0n) is 23.5. The third kappa shape index (κ3) is 11.4. The highest BCUT2D eigenvalue weighted by molar-refractivity contribution is 8.76. The van der Waals surface area contributed by atoms with Gasteiger partial charge in [0.25, 0.3) is 0 Å². The fourth-order valence-corrected chi connectivity index (χ4v) is 9.70. The summed E-state index contributed by atoms with van der Waals surface area (Å²) < 4.78 is 59.6. The standard InChI is InChI=1S/C22H32N3O14P3S2/c1-13(2)12-43-44-14(3)15-6-4-5-7-16(15)21(26)37-17-10-20(25-9-8-19(23)24-22(25)27)36-18(17)11-35-41(31,32)39-42(33,34)38-40(28,29)30/h4-9,13-14,17-18,20H,10-12H2,1-3H3,(H,31,32)(H,33,34)(H2,23,24,27)(H2,28,29,30)/t14?,17-,18-,20-/m1/s1. The topological polar surface area (TPSA) is 256 Å². The molecule has 0 saturated carbocycles. The predicted molar refractivity (Wildman–Crippen MR) is 160 cm³/mol. The van der Waals surface area contributed by atoms with E-state index in [4.69, 9.17) is 29.5 Å². The highest BCUT2D eigenvalue weighted by atomic mass is 33.1. The summed E-state index contributed by atoms with van der Waals surface area (Å²) in [5.41, 5.74) is 5.69. The van der Waals surface area contributed by atoms with Crippen molar-refractivity contribution in [2.24, 2.45) is 5.92 Å². The predicted octanol–water partition coefficient (Wildman–Crippen LogP) is 3.78. The van der Waals surface area contributed by atoms with E-state index < -0.39 is 60.2 Å². The molecule has 1 aromatic heterocycles. The van der Waals surface area contributed by atoms with E-state index in [9.17, 15) is 33.1 Å². The summed E-state index contributed by atoms with van der Waals surface area (Å²) in [6.45, 7) is 5.21. The minimum atomic E-state index is -5.77. The smallest absolute Gasteiger partial charge is 0.456 e. The second-order valence-electron chi connectivity index (χ2n) is 9.74. The van der Waals surface area contributed by atoms with Crippen LogP contribution in [-0.2, 0) is 36.3 Å². The fourth-order valence-electron chi connectivity index (χ4n) is 3.83. The molecule has 1 saturated heterocycles. The van der Waals surface area contributed by atoms with Gasteiger partial charge in [-0.25, -0.2) is 23.3 Å². The van der Waals surface area contributed by atoms with Crippen molar-refractivity contribution in [1.82, 2.24) is 9.55 Å². The van der Waals surface area contributed by atoms with Gasteiger partial charge in [-0.15, -0.1) is 0 Å². The van der Waals surface area contributed by atoms with Crippen LogP contribution in [0.25, 0.3) is 0 Å². The Hall–Kier alpha value is -1.56. The van der Waals surface area contributed by atoms with Crippen LogP contribution in [0, 0.1) is 5.92 Å². The minimum absolute atomic E-state index is 0.0633. The van der Waals surface area contributed by atoms with Gasteiger partial charge in [-0.1, -0.05) is 53.6 Å². The van der Waals surface area contributed by atoms with E-state index in [0.717, 1.165) is 10.3 Å². The van der Waals surface area contributed by atoms with Crippen molar-refractivity contribution in [3.63, 3.8) is 0 Å². The number of hydrogen-bond acceptors (Lipinski definition) is 14. The summed E-state index contributed by atoms with van der Waals surface area (Å²) in [4.78, 5) is 66.2. The lowest BCUT2D eigenvalue weighted by atomic mass is 10.0. The van der Waals surface area contributed by atoms with Gasteiger partial charge in [0.1, 0.15) is 24.3 Å². The van der Waals surface area contributed by atoms with Crippen molar-refractivity contribution in [2.75, 3.05) is 18.1 Å². The Kier molecular flexibility index (Phi) is 12.9. The van der Waals surface area contributed by atoms with Gasteiger partial charge in [0, 0.05) is 23.6 Å². The molecule has 6 atom stereocenters. The number of benzene rings is 1. The van der Waals surface area contributed by atoms with Crippen LogP contribution in [0.2, 0.25) is 0 Å². The first-order valence-electron chi connectivity index (χ1n) is 12.7. The van der Waals surface area contributed by atoms with Crippen LogP contribution >= 0.6 is 45.1 Å². The van der Waals surface area contributed by atoms with E-state index in [1.165, 1.54) is 12.3 Å². The van der Waals surface area contributed by atoms with Crippen molar-refractivity contribution in [3.8, 4) is 0 Å². The van der Waals surface area contributed by atoms with Gasteiger partial charge in [-0.2, -0.15) is 13.6 Å². The van der Waals surface area contributed by atoms with E-state index in [1.54, 1.807) is 45.9 Å². The van der Waals surface area contributed by atoms with Crippen molar-refractivity contribution in [3.05, 3.63) is 58.1 Å². The molecular formula is C22H32N3O14P3S2. The number of nitrogens with two attached hydrogens (primary N) is 1. The number of carbonyl (C=O) groups excluding carboxylic acids is 1. The van der Waals surface area contributed by atoms with Crippen LogP contribution in [0.15, 0.2) is 41.3 Å². The van der Waals surface area contributed by atoms with Gasteiger partial charge in [0.15, 0.2) is 0 Å². The lowest BCUT2D eigenvalue weighted by Crippen LogP contribution is -2.31. The lowest BCUT2D eigenvalue weighted by Gasteiger charge is -2.22. The monoisotopic (exact) mass is 719 g/mol.